The quantitative estimate of drug-likeness (QED) is 0.462. The first kappa shape index (κ1) is 18.3. The Morgan fingerprint density at radius 2 is 1.83 bits per heavy atom. The molecule has 0 saturated heterocycles. The predicted octanol–water partition coefficient (Wildman–Crippen LogP) is 3.58. The average Bonchev–Trinajstić information content (AvgIpc) is 3.12. The van der Waals surface area contributed by atoms with Gasteiger partial charge < -0.3 is 9.30 Å². The zero-order valence-corrected chi connectivity index (χ0v) is 17.1. The van der Waals surface area contributed by atoms with Crippen LogP contribution in [-0.4, -0.2) is 23.9 Å². The van der Waals surface area contributed by atoms with Gasteiger partial charge in [-0.3, -0.25) is 9.20 Å². The predicted molar refractivity (Wildman–Crippen MR) is 116 cm³/mol. The summed E-state index contributed by atoms with van der Waals surface area (Å²) in [5, 5.41) is 1.09. The molecule has 0 radical (unpaired) electrons. The molecule has 0 amide bonds. The summed E-state index contributed by atoms with van der Waals surface area (Å²) >= 11 is 0. The lowest BCUT2D eigenvalue weighted by Gasteiger charge is -2.11. The van der Waals surface area contributed by atoms with E-state index in [1.807, 2.05) is 60.7 Å². The molecule has 0 aliphatic carbocycles. The number of para-hydroxylation sites is 1. The first-order valence-corrected chi connectivity index (χ1v) is 9.92. The zero-order valence-electron chi connectivity index (χ0n) is 17.1. The molecule has 7 heteroatoms. The van der Waals surface area contributed by atoms with E-state index in [9.17, 15) is 4.79 Å². The Morgan fingerprint density at radius 1 is 1.00 bits per heavy atom. The fraction of sp³-hybridized carbons (Fsp3) is 0.217. The molecule has 5 rings (SSSR count). The van der Waals surface area contributed by atoms with Crippen LogP contribution in [0.3, 0.4) is 0 Å². The molecule has 30 heavy (non-hydrogen) atoms. The van der Waals surface area contributed by atoms with Crippen molar-refractivity contribution in [2.45, 2.75) is 26.9 Å². The molecule has 0 bridgehead atoms. The lowest BCUT2D eigenvalue weighted by atomic mass is 10.2. The molecule has 4 heterocycles. The van der Waals surface area contributed by atoms with Gasteiger partial charge in [-0.2, -0.15) is 4.98 Å². The highest BCUT2D eigenvalue weighted by Gasteiger charge is 2.17. The fourth-order valence-corrected chi connectivity index (χ4v) is 3.84. The highest BCUT2D eigenvalue weighted by molar-refractivity contribution is 5.78. The summed E-state index contributed by atoms with van der Waals surface area (Å²) in [6.07, 6.45) is 0.699. The molecule has 0 spiro atoms. The molecule has 0 atom stereocenters. The summed E-state index contributed by atoms with van der Waals surface area (Å²) in [6.45, 7) is 4.18. The van der Waals surface area contributed by atoms with E-state index in [1.165, 1.54) is 0 Å². The van der Waals surface area contributed by atoms with Crippen LogP contribution in [0.25, 0.3) is 27.6 Å². The van der Waals surface area contributed by atoms with Crippen molar-refractivity contribution in [1.82, 2.24) is 23.9 Å². The van der Waals surface area contributed by atoms with Gasteiger partial charge in [-0.25, -0.2) is 9.97 Å². The smallest absolute Gasteiger partial charge is 0.277 e. The highest BCUT2D eigenvalue weighted by Crippen LogP contribution is 2.21. The van der Waals surface area contributed by atoms with Crippen molar-refractivity contribution in [3.8, 4) is 5.88 Å². The lowest BCUT2D eigenvalue weighted by molar-refractivity contribution is 0.290. The summed E-state index contributed by atoms with van der Waals surface area (Å²) in [5.74, 6) is 1.29. The molecule has 7 nitrogen and oxygen atoms in total. The van der Waals surface area contributed by atoms with E-state index in [2.05, 4.69) is 9.97 Å². The fourth-order valence-electron chi connectivity index (χ4n) is 3.84. The number of aromatic nitrogens is 5. The van der Waals surface area contributed by atoms with Crippen LogP contribution in [0.5, 0.6) is 5.88 Å². The molecule has 0 aliphatic heterocycles. The van der Waals surface area contributed by atoms with Gasteiger partial charge in [0.05, 0.1) is 22.4 Å². The van der Waals surface area contributed by atoms with E-state index in [-0.39, 0.29) is 5.56 Å². The average molecular weight is 399 g/mol. The van der Waals surface area contributed by atoms with Crippen LogP contribution in [-0.2, 0) is 20.1 Å². The minimum absolute atomic E-state index is 0.0805. The van der Waals surface area contributed by atoms with Gasteiger partial charge in [0.25, 0.3) is 5.56 Å². The number of fused-ring (bicyclic) bond motifs is 4. The van der Waals surface area contributed by atoms with Crippen molar-refractivity contribution < 1.29 is 4.74 Å². The van der Waals surface area contributed by atoms with Crippen LogP contribution in [0.4, 0.5) is 0 Å². The third-order valence-corrected chi connectivity index (χ3v) is 5.37. The topological polar surface area (TPSA) is 74.3 Å². The summed E-state index contributed by atoms with van der Waals surface area (Å²) in [5.41, 5.74) is 4.34. The molecule has 0 saturated carbocycles. The van der Waals surface area contributed by atoms with Gasteiger partial charge in [-0.1, -0.05) is 31.2 Å². The van der Waals surface area contributed by atoms with Crippen molar-refractivity contribution in [1.29, 1.82) is 0 Å². The maximum atomic E-state index is 12.8. The molecule has 5 aromatic rings. The van der Waals surface area contributed by atoms with Gasteiger partial charge in [-0.15, -0.1) is 0 Å². The number of aryl methyl sites for hydroxylation is 3. The Labute approximate surface area is 172 Å². The van der Waals surface area contributed by atoms with Crippen molar-refractivity contribution in [3.63, 3.8) is 0 Å². The van der Waals surface area contributed by atoms with E-state index in [1.54, 1.807) is 17.7 Å². The van der Waals surface area contributed by atoms with Gasteiger partial charge in [0.1, 0.15) is 17.9 Å². The SMILES string of the molecule is CCc1nc(C)c2c(=O)n(C)c3ccc(OCc4ccc5ccccc5n4)nc3n12. The molecule has 1 aromatic carbocycles. The Hall–Kier alpha value is -3.74. The standard InChI is InChI=1S/C23H21N5O2/c1-4-19-24-14(2)21-23(29)27(3)18-11-12-20(26-22(18)28(19)21)30-13-16-10-9-15-7-5-6-8-17(15)25-16/h5-12H,4,13H2,1-3H3. The number of imidazole rings is 1. The Kier molecular flexibility index (Phi) is 4.24. The molecule has 0 fully saturated rings. The Morgan fingerprint density at radius 3 is 2.67 bits per heavy atom. The molecule has 0 N–H and O–H groups in total. The van der Waals surface area contributed by atoms with Crippen LogP contribution in [0.15, 0.2) is 53.3 Å². The van der Waals surface area contributed by atoms with Crippen molar-refractivity contribution >= 4 is 27.6 Å². The summed E-state index contributed by atoms with van der Waals surface area (Å²) < 4.78 is 9.42. The molecular weight excluding hydrogens is 378 g/mol. The number of benzene rings is 1. The van der Waals surface area contributed by atoms with Gasteiger partial charge in [0.2, 0.25) is 5.88 Å². The van der Waals surface area contributed by atoms with E-state index < -0.39 is 0 Å². The van der Waals surface area contributed by atoms with Crippen molar-refractivity contribution in [2.75, 3.05) is 0 Å². The Balaban J connectivity index is 1.57. The van der Waals surface area contributed by atoms with Crippen LogP contribution >= 0.6 is 0 Å². The first-order chi connectivity index (χ1) is 14.6. The number of pyridine rings is 2. The molecule has 4 aromatic heterocycles. The lowest BCUT2D eigenvalue weighted by Crippen LogP contribution is -2.21. The van der Waals surface area contributed by atoms with E-state index in [4.69, 9.17) is 9.72 Å². The largest absolute Gasteiger partial charge is 0.471 e. The van der Waals surface area contributed by atoms with Crippen molar-refractivity contribution in [2.24, 2.45) is 7.05 Å². The third kappa shape index (κ3) is 2.82. The minimum atomic E-state index is -0.0805. The maximum Gasteiger partial charge on any atom is 0.277 e. The van der Waals surface area contributed by atoms with Crippen molar-refractivity contribution in [3.05, 3.63) is 76.1 Å². The third-order valence-electron chi connectivity index (χ3n) is 5.37. The van der Waals surface area contributed by atoms with Gasteiger partial charge in [0, 0.05) is 24.9 Å². The Bertz CT molecular complexity index is 1480. The highest BCUT2D eigenvalue weighted by atomic mass is 16.5. The number of hydrogen-bond acceptors (Lipinski definition) is 5. The maximum absolute atomic E-state index is 12.8. The number of ether oxygens (including phenoxy) is 1. The second kappa shape index (κ2) is 6.95. The zero-order chi connectivity index (χ0) is 20.8. The van der Waals surface area contributed by atoms with E-state index in [0.717, 1.165) is 27.9 Å². The molecule has 0 aliphatic rings. The van der Waals surface area contributed by atoms with Crippen LogP contribution in [0.2, 0.25) is 0 Å². The summed E-state index contributed by atoms with van der Waals surface area (Å²) in [4.78, 5) is 26.8. The van der Waals surface area contributed by atoms with E-state index >= 15 is 0 Å². The second-order valence-electron chi connectivity index (χ2n) is 7.29. The number of nitrogens with zero attached hydrogens (tertiary/aromatic N) is 5. The number of rotatable bonds is 4. The minimum Gasteiger partial charge on any atom is -0.471 e. The van der Waals surface area contributed by atoms with Crippen LogP contribution in [0, 0.1) is 6.92 Å². The second-order valence-corrected chi connectivity index (χ2v) is 7.29. The monoisotopic (exact) mass is 399 g/mol. The van der Waals surface area contributed by atoms with Gasteiger partial charge >= 0.3 is 0 Å². The van der Waals surface area contributed by atoms with Gasteiger partial charge in [-0.05, 0) is 25.1 Å². The molecular formula is C23H21N5O2. The first-order valence-electron chi connectivity index (χ1n) is 9.92. The summed E-state index contributed by atoms with van der Waals surface area (Å²) in [7, 11) is 1.75. The normalized spacial score (nSPS) is 11.6. The van der Waals surface area contributed by atoms with E-state index in [0.29, 0.717) is 35.8 Å². The summed E-state index contributed by atoms with van der Waals surface area (Å²) in [6, 6.07) is 15.6. The molecule has 150 valence electrons. The van der Waals surface area contributed by atoms with Crippen LogP contribution < -0.4 is 10.3 Å². The van der Waals surface area contributed by atoms with Gasteiger partial charge in [0.15, 0.2) is 5.65 Å². The number of hydrogen-bond donors (Lipinski definition) is 0. The molecule has 0 unspecified atom stereocenters. The van der Waals surface area contributed by atoms with Crippen LogP contribution in [0.1, 0.15) is 24.1 Å².